The van der Waals surface area contributed by atoms with Crippen molar-refractivity contribution in [1.29, 1.82) is 0 Å². The second kappa shape index (κ2) is 8.76. The Labute approximate surface area is 133 Å². The fourth-order valence-corrected chi connectivity index (χ4v) is 2.78. The summed E-state index contributed by atoms with van der Waals surface area (Å²) in [6.07, 6.45) is 0.851. The second-order valence-corrected chi connectivity index (χ2v) is 5.88. The van der Waals surface area contributed by atoms with Crippen LogP contribution in [0.3, 0.4) is 0 Å². The molecule has 0 spiro atoms. The fraction of sp³-hybridized carbons (Fsp3) is 0.588. The zero-order valence-corrected chi connectivity index (χ0v) is 13.5. The van der Waals surface area contributed by atoms with Gasteiger partial charge in [-0.2, -0.15) is 0 Å². The van der Waals surface area contributed by atoms with Gasteiger partial charge in [-0.15, -0.1) is 0 Å². The van der Waals surface area contributed by atoms with Gasteiger partial charge >= 0.3 is 6.03 Å². The Morgan fingerprint density at radius 2 is 2.14 bits per heavy atom. The summed E-state index contributed by atoms with van der Waals surface area (Å²) in [5.74, 6) is 0. The molecular weight excluding hydrogens is 278 g/mol. The van der Waals surface area contributed by atoms with Crippen molar-refractivity contribution in [3.8, 4) is 0 Å². The molecule has 1 aromatic rings. The van der Waals surface area contributed by atoms with Crippen molar-refractivity contribution in [3.05, 3.63) is 35.9 Å². The highest BCUT2D eigenvalue weighted by Crippen LogP contribution is 2.09. The molecule has 1 aromatic carbocycles. The van der Waals surface area contributed by atoms with Crippen LogP contribution < -0.4 is 10.6 Å². The van der Waals surface area contributed by atoms with E-state index in [2.05, 4.69) is 41.5 Å². The molecule has 0 radical (unpaired) electrons. The van der Waals surface area contributed by atoms with Crippen LogP contribution in [-0.2, 0) is 11.2 Å². The van der Waals surface area contributed by atoms with Gasteiger partial charge in [-0.3, -0.25) is 4.90 Å². The Kier molecular flexibility index (Phi) is 6.68. The summed E-state index contributed by atoms with van der Waals surface area (Å²) in [5, 5.41) is 5.86. The molecule has 0 unspecified atom stereocenters. The molecule has 0 aromatic heterocycles. The smallest absolute Gasteiger partial charge is 0.314 e. The minimum Gasteiger partial charge on any atom is -0.379 e. The number of hydrogen-bond acceptors (Lipinski definition) is 3. The summed E-state index contributed by atoms with van der Waals surface area (Å²) < 4.78 is 5.44. The maximum absolute atomic E-state index is 11.8. The van der Waals surface area contributed by atoms with Crippen LogP contribution in [0.1, 0.15) is 19.4 Å². The number of carbonyl (C=O) groups excluding carboxylic acids is 1. The molecule has 1 saturated heterocycles. The molecule has 122 valence electrons. The molecule has 1 aliphatic rings. The van der Waals surface area contributed by atoms with Gasteiger partial charge in [-0.25, -0.2) is 4.79 Å². The zero-order valence-electron chi connectivity index (χ0n) is 13.5. The van der Waals surface area contributed by atoms with E-state index in [9.17, 15) is 4.79 Å². The van der Waals surface area contributed by atoms with Crippen LogP contribution in [0.4, 0.5) is 4.79 Å². The molecule has 2 N–H and O–H groups in total. The molecule has 2 atom stereocenters. The molecule has 22 heavy (non-hydrogen) atoms. The highest BCUT2D eigenvalue weighted by Gasteiger charge is 2.23. The lowest BCUT2D eigenvalue weighted by Crippen LogP contribution is -2.52. The number of hydrogen-bond donors (Lipinski definition) is 2. The Balaban J connectivity index is 1.62. The number of amides is 2. The number of morpholine rings is 1. The minimum atomic E-state index is -0.0938. The predicted molar refractivity (Wildman–Crippen MR) is 88.0 cm³/mol. The molecular formula is C17H27N3O2. The van der Waals surface area contributed by atoms with Crippen LogP contribution in [0.5, 0.6) is 0 Å². The van der Waals surface area contributed by atoms with E-state index in [1.54, 1.807) is 0 Å². The summed E-state index contributed by atoms with van der Waals surface area (Å²) >= 11 is 0. The van der Waals surface area contributed by atoms with Crippen molar-refractivity contribution in [1.82, 2.24) is 15.5 Å². The molecule has 1 fully saturated rings. The highest BCUT2D eigenvalue weighted by molar-refractivity contribution is 5.73. The topological polar surface area (TPSA) is 53.6 Å². The van der Waals surface area contributed by atoms with Crippen molar-refractivity contribution in [3.63, 3.8) is 0 Å². The van der Waals surface area contributed by atoms with Gasteiger partial charge in [-0.05, 0) is 25.8 Å². The summed E-state index contributed by atoms with van der Waals surface area (Å²) in [7, 11) is 0. The number of nitrogens with one attached hydrogen (secondary N) is 2. The van der Waals surface area contributed by atoms with Gasteiger partial charge in [0.1, 0.15) is 0 Å². The monoisotopic (exact) mass is 305 g/mol. The quantitative estimate of drug-likeness (QED) is 0.840. The Morgan fingerprint density at radius 1 is 1.36 bits per heavy atom. The standard InChI is InChI=1S/C17H27N3O2/c1-14(20-10-11-22-13-15(20)2)12-19-17(21)18-9-8-16-6-4-3-5-7-16/h3-7,14-15H,8-13H2,1-2H3,(H2,18,19,21)/t14-,15+/m1/s1. The van der Waals surface area contributed by atoms with E-state index in [1.165, 1.54) is 5.56 Å². The SMILES string of the molecule is C[C@H](CNC(=O)NCCc1ccccc1)N1CCOC[C@@H]1C. The lowest BCUT2D eigenvalue weighted by molar-refractivity contribution is -0.0176. The Hall–Kier alpha value is -1.59. The third-order valence-electron chi connectivity index (χ3n) is 4.09. The number of urea groups is 1. The van der Waals surface area contributed by atoms with Crippen molar-refractivity contribution in [2.24, 2.45) is 0 Å². The summed E-state index contributed by atoms with van der Waals surface area (Å²) in [5.41, 5.74) is 1.23. The van der Waals surface area contributed by atoms with Crippen molar-refractivity contribution in [2.45, 2.75) is 32.4 Å². The number of ether oxygens (including phenoxy) is 1. The Morgan fingerprint density at radius 3 is 2.86 bits per heavy atom. The van der Waals surface area contributed by atoms with E-state index in [-0.39, 0.29) is 6.03 Å². The molecule has 0 aliphatic carbocycles. The van der Waals surface area contributed by atoms with Gasteiger partial charge in [0, 0.05) is 31.7 Å². The molecule has 1 aliphatic heterocycles. The van der Waals surface area contributed by atoms with Gasteiger partial charge in [0.2, 0.25) is 0 Å². The van der Waals surface area contributed by atoms with E-state index in [1.807, 2.05) is 18.2 Å². The van der Waals surface area contributed by atoms with Gasteiger partial charge in [-0.1, -0.05) is 30.3 Å². The van der Waals surface area contributed by atoms with Crippen LogP contribution in [0.25, 0.3) is 0 Å². The molecule has 0 bridgehead atoms. The van der Waals surface area contributed by atoms with E-state index in [0.29, 0.717) is 25.2 Å². The maximum Gasteiger partial charge on any atom is 0.314 e. The molecule has 5 nitrogen and oxygen atoms in total. The van der Waals surface area contributed by atoms with Gasteiger partial charge in [0.15, 0.2) is 0 Å². The predicted octanol–water partition coefficient (Wildman–Crippen LogP) is 1.64. The van der Waals surface area contributed by atoms with Gasteiger partial charge < -0.3 is 15.4 Å². The third-order valence-corrected chi connectivity index (χ3v) is 4.09. The first-order valence-corrected chi connectivity index (χ1v) is 8.06. The highest BCUT2D eigenvalue weighted by atomic mass is 16.5. The average Bonchev–Trinajstić information content (AvgIpc) is 2.54. The average molecular weight is 305 g/mol. The van der Waals surface area contributed by atoms with E-state index >= 15 is 0 Å². The summed E-state index contributed by atoms with van der Waals surface area (Å²) in [6, 6.07) is 10.8. The van der Waals surface area contributed by atoms with Crippen LogP contribution in [0.15, 0.2) is 30.3 Å². The lowest BCUT2D eigenvalue weighted by Gasteiger charge is -2.37. The fourth-order valence-electron chi connectivity index (χ4n) is 2.78. The number of nitrogens with zero attached hydrogens (tertiary/aromatic N) is 1. The third kappa shape index (κ3) is 5.31. The van der Waals surface area contributed by atoms with Crippen molar-refractivity contribution in [2.75, 3.05) is 32.8 Å². The van der Waals surface area contributed by atoms with Crippen LogP contribution >= 0.6 is 0 Å². The normalized spacial score (nSPS) is 20.4. The number of carbonyl (C=O) groups is 1. The van der Waals surface area contributed by atoms with E-state index < -0.39 is 0 Å². The van der Waals surface area contributed by atoms with Crippen LogP contribution in [0, 0.1) is 0 Å². The molecule has 5 heteroatoms. The van der Waals surface area contributed by atoms with Crippen molar-refractivity contribution < 1.29 is 9.53 Å². The van der Waals surface area contributed by atoms with Crippen LogP contribution in [-0.4, -0.2) is 55.9 Å². The molecule has 2 rings (SSSR count). The molecule has 1 heterocycles. The summed E-state index contributed by atoms with van der Waals surface area (Å²) in [4.78, 5) is 14.2. The van der Waals surface area contributed by atoms with Gasteiger partial charge in [0.25, 0.3) is 0 Å². The second-order valence-electron chi connectivity index (χ2n) is 5.88. The minimum absolute atomic E-state index is 0.0938. The van der Waals surface area contributed by atoms with Gasteiger partial charge in [0.05, 0.1) is 13.2 Å². The number of benzene rings is 1. The first kappa shape index (κ1) is 16.8. The Bertz CT molecular complexity index is 452. The first-order chi connectivity index (χ1) is 10.7. The van der Waals surface area contributed by atoms with Crippen LogP contribution in [0.2, 0.25) is 0 Å². The van der Waals surface area contributed by atoms with E-state index in [0.717, 1.165) is 26.2 Å². The maximum atomic E-state index is 11.8. The zero-order chi connectivity index (χ0) is 15.8. The largest absolute Gasteiger partial charge is 0.379 e. The lowest BCUT2D eigenvalue weighted by atomic mass is 10.1. The number of rotatable bonds is 6. The molecule has 0 saturated carbocycles. The first-order valence-electron chi connectivity index (χ1n) is 8.06. The van der Waals surface area contributed by atoms with E-state index in [4.69, 9.17) is 4.74 Å². The summed E-state index contributed by atoms with van der Waals surface area (Å²) in [6.45, 7) is 8.09. The van der Waals surface area contributed by atoms with Crippen molar-refractivity contribution >= 4 is 6.03 Å². The molecule has 2 amide bonds.